The number of halogens is 1. The lowest BCUT2D eigenvalue weighted by Gasteiger charge is -2.23. The van der Waals surface area contributed by atoms with Crippen LogP contribution in [0, 0.1) is 0 Å². The Morgan fingerprint density at radius 2 is 2.26 bits per heavy atom. The third-order valence-corrected chi connectivity index (χ3v) is 2.91. The average Bonchev–Trinajstić information content (AvgIpc) is 2.37. The summed E-state index contributed by atoms with van der Waals surface area (Å²) in [6.07, 6.45) is -0.602. The minimum absolute atomic E-state index is 0.00415. The zero-order valence-electron chi connectivity index (χ0n) is 10.9. The molecule has 106 valence electrons. The largest absolute Gasteiger partial charge is 0.409 e. The Balaban J connectivity index is 2.84. The minimum Gasteiger partial charge on any atom is -0.409 e. The highest BCUT2D eigenvalue weighted by Gasteiger charge is 2.12. The molecule has 1 aromatic carbocycles. The van der Waals surface area contributed by atoms with Gasteiger partial charge in [0.25, 0.3) is 0 Å². The summed E-state index contributed by atoms with van der Waals surface area (Å²) in [4.78, 5) is 1.81. The van der Waals surface area contributed by atoms with Crippen LogP contribution in [0.2, 0.25) is 5.02 Å². The molecule has 1 rings (SSSR count). The maximum Gasteiger partial charge on any atom is 0.170 e. The number of ether oxygens (including phenoxy) is 1. The SMILES string of the molecule is COCC(O)CN(C)c1ccc(C(N)=NO)cc1Cl. The zero-order valence-corrected chi connectivity index (χ0v) is 11.6. The van der Waals surface area contributed by atoms with Gasteiger partial charge in [-0.1, -0.05) is 16.8 Å². The van der Waals surface area contributed by atoms with Crippen LogP contribution in [-0.4, -0.2) is 49.6 Å². The maximum atomic E-state index is 9.67. The number of amidine groups is 1. The molecule has 6 nitrogen and oxygen atoms in total. The number of oxime groups is 1. The third kappa shape index (κ3) is 4.27. The van der Waals surface area contributed by atoms with Crippen molar-refractivity contribution in [3.05, 3.63) is 28.8 Å². The predicted octanol–water partition coefficient (Wildman–Crippen LogP) is 0.878. The summed E-state index contributed by atoms with van der Waals surface area (Å²) in [6.45, 7) is 0.640. The molecule has 0 radical (unpaired) electrons. The van der Waals surface area contributed by atoms with E-state index in [1.165, 1.54) is 7.11 Å². The first-order valence-electron chi connectivity index (χ1n) is 5.65. The third-order valence-electron chi connectivity index (χ3n) is 2.61. The normalized spacial score (nSPS) is 13.4. The summed E-state index contributed by atoms with van der Waals surface area (Å²) in [5, 5.41) is 21.6. The number of rotatable bonds is 6. The van der Waals surface area contributed by atoms with Crippen LogP contribution >= 0.6 is 11.6 Å². The smallest absolute Gasteiger partial charge is 0.170 e. The van der Waals surface area contributed by atoms with Gasteiger partial charge >= 0.3 is 0 Å². The fourth-order valence-electron chi connectivity index (χ4n) is 1.69. The van der Waals surface area contributed by atoms with Crippen molar-refractivity contribution >= 4 is 23.1 Å². The van der Waals surface area contributed by atoms with E-state index in [1.54, 1.807) is 18.2 Å². The Hall–Kier alpha value is -1.50. The highest BCUT2D eigenvalue weighted by atomic mass is 35.5. The molecule has 1 aromatic rings. The molecule has 1 unspecified atom stereocenters. The molecule has 1 atom stereocenters. The van der Waals surface area contributed by atoms with Crippen molar-refractivity contribution in [2.24, 2.45) is 10.9 Å². The Kier molecular flexibility index (Phi) is 5.88. The van der Waals surface area contributed by atoms with Gasteiger partial charge in [-0.2, -0.15) is 0 Å². The quantitative estimate of drug-likeness (QED) is 0.313. The average molecular weight is 288 g/mol. The van der Waals surface area contributed by atoms with Gasteiger partial charge < -0.3 is 25.7 Å². The molecular formula is C12H18ClN3O3. The van der Waals surface area contributed by atoms with E-state index in [0.29, 0.717) is 17.1 Å². The predicted molar refractivity (Wildman–Crippen MR) is 75.1 cm³/mol. The molecule has 4 N–H and O–H groups in total. The second kappa shape index (κ2) is 7.18. The lowest BCUT2D eigenvalue weighted by molar-refractivity contribution is 0.0695. The summed E-state index contributed by atoms with van der Waals surface area (Å²) in [6, 6.07) is 5.04. The number of aliphatic hydroxyl groups excluding tert-OH is 1. The van der Waals surface area contributed by atoms with Crippen LogP contribution < -0.4 is 10.6 Å². The van der Waals surface area contributed by atoms with Crippen LogP contribution in [0.25, 0.3) is 0 Å². The monoisotopic (exact) mass is 287 g/mol. The Labute approximate surface area is 117 Å². The van der Waals surface area contributed by atoms with Gasteiger partial charge in [-0.05, 0) is 18.2 Å². The molecule has 0 aliphatic rings. The van der Waals surface area contributed by atoms with Crippen LogP contribution in [0.4, 0.5) is 5.69 Å². The first kappa shape index (κ1) is 15.6. The second-order valence-electron chi connectivity index (χ2n) is 4.14. The fraction of sp³-hybridized carbons (Fsp3) is 0.417. The Morgan fingerprint density at radius 1 is 1.58 bits per heavy atom. The Bertz CT molecular complexity index is 454. The lowest BCUT2D eigenvalue weighted by atomic mass is 10.1. The van der Waals surface area contributed by atoms with E-state index in [4.69, 9.17) is 27.3 Å². The van der Waals surface area contributed by atoms with Gasteiger partial charge in [0.15, 0.2) is 5.84 Å². The first-order chi connectivity index (χ1) is 8.99. The molecule has 0 spiro atoms. The number of hydrogen-bond acceptors (Lipinski definition) is 5. The molecule has 7 heteroatoms. The van der Waals surface area contributed by atoms with Gasteiger partial charge in [-0.3, -0.25) is 0 Å². The molecule has 0 aliphatic heterocycles. The summed E-state index contributed by atoms with van der Waals surface area (Å²) in [5.74, 6) is -0.00415. The first-order valence-corrected chi connectivity index (χ1v) is 6.03. The molecule has 0 aliphatic carbocycles. The van der Waals surface area contributed by atoms with Crippen molar-refractivity contribution in [2.75, 3.05) is 32.2 Å². The van der Waals surface area contributed by atoms with Crippen molar-refractivity contribution < 1.29 is 15.1 Å². The number of likely N-dealkylation sites (N-methyl/N-ethyl adjacent to an activating group) is 1. The molecule has 19 heavy (non-hydrogen) atoms. The summed E-state index contributed by atoms with van der Waals surface area (Å²) < 4.78 is 4.87. The van der Waals surface area contributed by atoms with E-state index in [0.717, 1.165) is 5.69 Å². The summed E-state index contributed by atoms with van der Waals surface area (Å²) in [7, 11) is 3.34. The van der Waals surface area contributed by atoms with E-state index in [-0.39, 0.29) is 12.4 Å². The Morgan fingerprint density at radius 3 is 2.79 bits per heavy atom. The van der Waals surface area contributed by atoms with Crippen molar-refractivity contribution in [2.45, 2.75) is 6.10 Å². The number of nitrogens with two attached hydrogens (primary N) is 1. The molecule has 0 heterocycles. The topological polar surface area (TPSA) is 91.3 Å². The van der Waals surface area contributed by atoms with Gasteiger partial charge in [-0.15, -0.1) is 0 Å². The minimum atomic E-state index is -0.602. The van der Waals surface area contributed by atoms with Crippen LogP contribution in [-0.2, 0) is 4.74 Å². The fourth-order valence-corrected chi connectivity index (χ4v) is 2.02. The van der Waals surface area contributed by atoms with E-state index in [9.17, 15) is 5.11 Å². The van der Waals surface area contributed by atoms with Crippen LogP contribution in [0.3, 0.4) is 0 Å². The molecule has 0 aromatic heterocycles. The van der Waals surface area contributed by atoms with Gasteiger partial charge in [0, 0.05) is 26.3 Å². The maximum absolute atomic E-state index is 9.67. The van der Waals surface area contributed by atoms with Crippen molar-refractivity contribution in [3.8, 4) is 0 Å². The number of methoxy groups -OCH3 is 1. The van der Waals surface area contributed by atoms with Crippen molar-refractivity contribution in [1.82, 2.24) is 0 Å². The number of aliphatic hydroxyl groups is 1. The van der Waals surface area contributed by atoms with E-state index >= 15 is 0 Å². The van der Waals surface area contributed by atoms with E-state index in [1.807, 2.05) is 11.9 Å². The van der Waals surface area contributed by atoms with Gasteiger partial charge in [-0.25, -0.2) is 0 Å². The van der Waals surface area contributed by atoms with Crippen LogP contribution in [0.5, 0.6) is 0 Å². The van der Waals surface area contributed by atoms with Gasteiger partial charge in [0.1, 0.15) is 0 Å². The molecule has 0 amide bonds. The summed E-state index contributed by atoms with van der Waals surface area (Å²) in [5.41, 5.74) is 6.75. The zero-order chi connectivity index (χ0) is 14.4. The molecule has 0 saturated carbocycles. The van der Waals surface area contributed by atoms with Crippen LogP contribution in [0.15, 0.2) is 23.4 Å². The van der Waals surface area contributed by atoms with Gasteiger partial charge in [0.05, 0.1) is 23.4 Å². The lowest BCUT2D eigenvalue weighted by Crippen LogP contribution is -2.32. The highest BCUT2D eigenvalue weighted by molar-refractivity contribution is 6.33. The van der Waals surface area contributed by atoms with Crippen LogP contribution in [0.1, 0.15) is 5.56 Å². The summed E-state index contributed by atoms with van der Waals surface area (Å²) >= 11 is 6.14. The van der Waals surface area contributed by atoms with E-state index < -0.39 is 6.10 Å². The standard InChI is InChI=1S/C12H18ClN3O3/c1-16(6-9(17)7-19-2)11-4-3-8(5-10(11)13)12(14)15-18/h3-5,9,17-18H,6-7H2,1-2H3,(H2,14,15). The second-order valence-corrected chi connectivity index (χ2v) is 4.55. The van der Waals surface area contributed by atoms with Crippen molar-refractivity contribution in [3.63, 3.8) is 0 Å². The van der Waals surface area contributed by atoms with Gasteiger partial charge in [0.2, 0.25) is 0 Å². The number of benzene rings is 1. The number of hydrogen-bond donors (Lipinski definition) is 3. The van der Waals surface area contributed by atoms with Crippen molar-refractivity contribution in [1.29, 1.82) is 0 Å². The molecular weight excluding hydrogens is 270 g/mol. The number of nitrogens with zero attached hydrogens (tertiary/aromatic N) is 2. The molecule has 0 bridgehead atoms. The molecule has 0 fully saturated rings. The number of anilines is 1. The van der Waals surface area contributed by atoms with E-state index in [2.05, 4.69) is 5.16 Å². The highest BCUT2D eigenvalue weighted by Crippen LogP contribution is 2.26. The molecule has 0 saturated heterocycles.